The van der Waals surface area contributed by atoms with Crippen molar-refractivity contribution in [2.24, 2.45) is 0 Å². The van der Waals surface area contributed by atoms with Gasteiger partial charge in [-0.2, -0.15) is 0 Å². The second-order valence-corrected chi connectivity index (χ2v) is 13.1. The molecule has 1 aliphatic rings. The molecule has 0 heterocycles. The van der Waals surface area contributed by atoms with Gasteiger partial charge in [-0.1, -0.05) is 67.8 Å². The van der Waals surface area contributed by atoms with E-state index in [4.69, 9.17) is 0 Å². The molecule has 0 aliphatic heterocycles. The molecule has 2 amide bonds. The predicted molar refractivity (Wildman–Crippen MR) is 166 cm³/mol. The molecule has 4 rings (SSSR count). The Balaban J connectivity index is 1.75. The molecule has 10 nitrogen and oxygen atoms in total. The molecule has 1 N–H and O–H groups in total. The largest absolute Gasteiger partial charge is 0.352 e. The Hall–Kier alpha value is -4.32. The third-order valence-corrected chi connectivity index (χ3v) is 8.97. The van der Waals surface area contributed by atoms with E-state index >= 15 is 0 Å². The Morgan fingerprint density at radius 1 is 1.00 bits per heavy atom. The molecule has 234 valence electrons. The van der Waals surface area contributed by atoms with Crippen molar-refractivity contribution in [2.75, 3.05) is 17.1 Å². The zero-order valence-corrected chi connectivity index (χ0v) is 25.6. The van der Waals surface area contributed by atoms with Gasteiger partial charge in [-0.25, -0.2) is 12.8 Å². The molecule has 0 aromatic heterocycles. The van der Waals surface area contributed by atoms with Crippen molar-refractivity contribution in [3.8, 4) is 0 Å². The van der Waals surface area contributed by atoms with E-state index in [1.165, 1.54) is 41.3 Å². The third-order valence-electron chi connectivity index (χ3n) is 7.84. The first kappa shape index (κ1) is 32.6. The van der Waals surface area contributed by atoms with Crippen molar-refractivity contribution in [2.45, 2.75) is 64.1 Å². The molecule has 1 aliphatic carbocycles. The number of rotatable bonds is 12. The number of benzene rings is 3. The topological polar surface area (TPSA) is 130 Å². The number of anilines is 1. The number of non-ortho nitro benzene ring substituents is 1. The van der Waals surface area contributed by atoms with Gasteiger partial charge < -0.3 is 10.2 Å². The van der Waals surface area contributed by atoms with E-state index < -0.39 is 39.3 Å². The van der Waals surface area contributed by atoms with Gasteiger partial charge in [0.25, 0.3) is 5.69 Å². The summed E-state index contributed by atoms with van der Waals surface area (Å²) in [4.78, 5) is 40.4. The maximum atomic E-state index is 14.2. The number of hydrogen-bond donors (Lipinski definition) is 1. The lowest BCUT2D eigenvalue weighted by molar-refractivity contribution is -0.384. The highest BCUT2D eigenvalue weighted by atomic mass is 32.2. The van der Waals surface area contributed by atoms with Crippen LogP contribution in [0.25, 0.3) is 0 Å². The molecular weight excluding hydrogens is 587 g/mol. The van der Waals surface area contributed by atoms with Crippen LogP contribution in [0.3, 0.4) is 0 Å². The number of nitrogens with one attached hydrogen (secondary N) is 1. The molecule has 44 heavy (non-hydrogen) atoms. The van der Waals surface area contributed by atoms with E-state index in [1.807, 2.05) is 30.3 Å². The Labute approximate surface area is 257 Å². The van der Waals surface area contributed by atoms with Crippen molar-refractivity contribution in [1.82, 2.24) is 10.2 Å². The minimum absolute atomic E-state index is 0.0111. The van der Waals surface area contributed by atoms with E-state index in [0.29, 0.717) is 11.1 Å². The Kier molecular flexibility index (Phi) is 10.7. The van der Waals surface area contributed by atoms with Crippen LogP contribution in [0.4, 0.5) is 15.8 Å². The molecular formula is C32H37FN4O6S. The van der Waals surface area contributed by atoms with E-state index in [0.717, 1.165) is 54.3 Å². The van der Waals surface area contributed by atoms with E-state index in [-0.39, 0.29) is 36.3 Å². The first-order chi connectivity index (χ1) is 20.9. The zero-order chi connectivity index (χ0) is 31.9. The highest BCUT2D eigenvalue weighted by molar-refractivity contribution is 7.92. The van der Waals surface area contributed by atoms with Crippen LogP contribution < -0.4 is 9.62 Å². The fourth-order valence-electron chi connectivity index (χ4n) is 5.46. The van der Waals surface area contributed by atoms with Crippen LogP contribution in [-0.4, -0.2) is 54.9 Å². The van der Waals surface area contributed by atoms with Crippen molar-refractivity contribution in [3.63, 3.8) is 0 Å². The van der Waals surface area contributed by atoms with Gasteiger partial charge in [0.05, 0.1) is 16.9 Å². The van der Waals surface area contributed by atoms with Gasteiger partial charge in [-0.3, -0.25) is 24.0 Å². The number of nitro groups is 1. The standard InChI is InChI=1S/C32H37FN4O6S/c1-23-13-18-28(37(40)41)20-29(23)36(44(2,42)43)22-31(38)35(21-25-14-16-26(33)17-15-25)30(19-24-9-5-3-6-10-24)32(39)34-27-11-7-4-8-12-27/h3,5-6,9-10,13-18,20,27,30H,4,7-8,11-12,19,21-22H2,1-2H3,(H,34,39). The van der Waals surface area contributed by atoms with Gasteiger partial charge in [0.2, 0.25) is 21.8 Å². The molecule has 1 fully saturated rings. The number of halogens is 1. The summed E-state index contributed by atoms with van der Waals surface area (Å²) < 4.78 is 40.7. The molecule has 0 saturated heterocycles. The molecule has 0 bridgehead atoms. The summed E-state index contributed by atoms with van der Waals surface area (Å²) >= 11 is 0. The lowest BCUT2D eigenvalue weighted by Gasteiger charge is -2.35. The number of nitrogens with zero attached hydrogens (tertiary/aromatic N) is 3. The smallest absolute Gasteiger partial charge is 0.271 e. The molecule has 0 radical (unpaired) electrons. The maximum Gasteiger partial charge on any atom is 0.271 e. The minimum Gasteiger partial charge on any atom is -0.352 e. The molecule has 12 heteroatoms. The summed E-state index contributed by atoms with van der Waals surface area (Å²) in [5, 5.41) is 14.6. The summed E-state index contributed by atoms with van der Waals surface area (Å²) in [6.45, 7) is 0.790. The molecule has 3 aromatic rings. The van der Waals surface area contributed by atoms with Gasteiger partial charge in [-0.05, 0) is 48.6 Å². The molecule has 3 aromatic carbocycles. The van der Waals surface area contributed by atoms with Crippen molar-refractivity contribution >= 4 is 33.2 Å². The first-order valence-corrected chi connectivity index (χ1v) is 16.4. The number of carbonyl (C=O) groups is 2. The summed E-state index contributed by atoms with van der Waals surface area (Å²) in [5.41, 5.74) is 1.41. The Morgan fingerprint density at radius 2 is 1.66 bits per heavy atom. The van der Waals surface area contributed by atoms with Gasteiger partial charge in [0.15, 0.2) is 0 Å². The number of hydrogen-bond acceptors (Lipinski definition) is 6. The Bertz CT molecular complexity index is 1580. The SMILES string of the molecule is Cc1ccc([N+](=O)[O-])cc1N(CC(=O)N(Cc1ccc(F)cc1)C(Cc1ccccc1)C(=O)NC1CCCCC1)S(C)(=O)=O. The van der Waals surface area contributed by atoms with Crippen LogP contribution in [0.15, 0.2) is 72.8 Å². The van der Waals surface area contributed by atoms with Crippen LogP contribution in [0.1, 0.15) is 48.8 Å². The minimum atomic E-state index is -4.10. The summed E-state index contributed by atoms with van der Waals surface area (Å²) in [7, 11) is -4.10. The molecule has 1 saturated carbocycles. The van der Waals surface area contributed by atoms with Gasteiger partial charge >= 0.3 is 0 Å². The average molecular weight is 625 g/mol. The second kappa shape index (κ2) is 14.4. The fourth-order valence-corrected chi connectivity index (χ4v) is 6.36. The van der Waals surface area contributed by atoms with Crippen LogP contribution in [0.5, 0.6) is 0 Å². The number of sulfonamides is 1. The van der Waals surface area contributed by atoms with E-state index in [2.05, 4.69) is 5.32 Å². The molecule has 1 unspecified atom stereocenters. The van der Waals surface area contributed by atoms with Crippen LogP contribution in [0, 0.1) is 22.9 Å². The summed E-state index contributed by atoms with van der Waals surface area (Å²) in [6, 6.07) is 17.4. The summed E-state index contributed by atoms with van der Waals surface area (Å²) in [5.74, 6) is -1.52. The van der Waals surface area contributed by atoms with Crippen molar-refractivity contribution < 1.29 is 27.3 Å². The van der Waals surface area contributed by atoms with Crippen LogP contribution in [-0.2, 0) is 32.6 Å². The first-order valence-electron chi connectivity index (χ1n) is 14.5. The lowest BCUT2D eigenvalue weighted by atomic mass is 9.94. The highest BCUT2D eigenvalue weighted by Gasteiger charge is 2.34. The van der Waals surface area contributed by atoms with Gasteiger partial charge in [-0.15, -0.1) is 0 Å². The normalized spacial score (nSPS) is 14.4. The second-order valence-electron chi connectivity index (χ2n) is 11.2. The van der Waals surface area contributed by atoms with Gasteiger partial charge in [0, 0.05) is 31.1 Å². The van der Waals surface area contributed by atoms with Crippen LogP contribution in [0.2, 0.25) is 0 Å². The van der Waals surface area contributed by atoms with E-state index in [9.17, 15) is 32.5 Å². The third kappa shape index (κ3) is 8.62. The predicted octanol–water partition coefficient (Wildman–Crippen LogP) is 4.90. The number of carbonyl (C=O) groups excluding carboxylic acids is 2. The molecule has 0 spiro atoms. The number of nitro benzene ring substituents is 1. The number of aryl methyl sites for hydroxylation is 1. The average Bonchev–Trinajstić information content (AvgIpc) is 2.99. The van der Waals surface area contributed by atoms with Crippen molar-refractivity contribution in [1.29, 1.82) is 0 Å². The quantitative estimate of drug-likeness (QED) is 0.226. The molecule has 1 atom stereocenters. The highest BCUT2D eigenvalue weighted by Crippen LogP contribution is 2.28. The fraction of sp³-hybridized carbons (Fsp3) is 0.375. The lowest BCUT2D eigenvalue weighted by Crippen LogP contribution is -2.55. The van der Waals surface area contributed by atoms with Gasteiger partial charge in [0.1, 0.15) is 18.4 Å². The maximum absolute atomic E-state index is 14.2. The summed E-state index contributed by atoms with van der Waals surface area (Å²) in [6.07, 6.45) is 5.78. The monoisotopic (exact) mass is 624 g/mol. The van der Waals surface area contributed by atoms with Crippen molar-refractivity contribution in [3.05, 3.63) is 105 Å². The Morgan fingerprint density at radius 3 is 2.27 bits per heavy atom. The zero-order valence-electron chi connectivity index (χ0n) is 24.8. The van der Waals surface area contributed by atoms with Crippen LogP contribution >= 0.6 is 0 Å². The number of amides is 2. The van der Waals surface area contributed by atoms with E-state index in [1.54, 1.807) is 6.92 Å².